The Morgan fingerprint density at radius 2 is 1.83 bits per heavy atom. The Hall–Kier alpha value is -1.56. The first-order valence-corrected chi connectivity index (χ1v) is 7.61. The van der Waals surface area contributed by atoms with Gasteiger partial charge in [0.1, 0.15) is 4.90 Å². The van der Waals surface area contributed by atoms with Crippen LogP contribution in [0.25, 0.3) is 0 Å². The average Bonchev–Trinajstić information content (AvgIpc) is 2.39. The van der Waals surface area contributed by atoms with Crippen LogP contribution in [-0.4, -0.2) is 32.4 Å². The summed E-state index contributed by atoms with van der Waals surface area (Å²) in [5, 5.41) is 0. The smallest absolute Gasteiger partial charge is 0.266 e. The molecule has 3 rings (SSSR count). The fourth-order valence-corrected chi connectivity index (χ4v) is 3.50. The van der Waals surface area contributed by atoms with Gasteiger partial charge in [-0.15, -0.1) is 0 Å². The summed E-state index contributed by atoms with van der Waals surface area (Å²) < 4.78 is 26.8. The molecule has 0 saturated carbocycles. The number of nitrogens with one attached hydrogen (secondary N) is 1. The highest BCUT2D eigenvalue weighted by molar-refractivity contribution is 7.90. The number of likely N-dealkylation sites (tertiary alicyclic amines) is 1. The van der Waals surface area contributed by atoms with E-state index >= 15 is 0 Å². The van der Waals surface area contributed by atoms with E-state index in [-0.39, 0.29) is 4.90 Å². The van der Waals surface area contributed by atoms with Gasteiger partial charge in [0, 0.05) is 13.1 Å². The number of guanidine groups is 1. The molecule has 1 aromatic rings. The maximum Gasteiger partial charge on any atom is 0.266 e. The number of sulfonamides is 1. The molecule has 2 aliphatic heterocycles. The number of hydrogen-bond donors (Lipinski definition) is 1. The Kier molecular flexibility index (Phi) is 2.74. The van der Waals surface area contributed by atoms with Crippen LogP contribution >= 0.6 is 0 Å². The molecule has 0 aliphatic carbocycles. The molecule has 2 aliphatic rings. The summed E-state index contributed by atoms with van der Waals surface area (Å²) >= 11 is 0. The first-order valence-electron chi connectivity index (χ1n) is 6.12. The van der Waals surface area contributed by atoms with Gasteiger partial charge in [-0.25, -0.2) is 18.1 Å². The van der Waals surface area contributed by atoms with E-state index in [1.807, 2.05) is 4.90 Å². The van der Waals surface area contributed by atoms with Gasteiger partial charge < -0.3 is 4.90 Å². The van der Waals surface area contributed by atoms with Gasteiger partial charge >= 0.3 is 0 Å². The van der Waals surface area contributed by atoms with Crippen LogP contribution in [0.3, 0.4) is 0 Å². The van der Waals surface area contributed by atoms with E-state index in [9.17, 15) is 8.42 Å². The molecule has 0 bridgehead atoms. The van der Waals surface area contributed by atoms with Crippen LogP contribution < -0.4 is 4.72 Å². The normalized spacial score (nSPS) is 21.8. The van der Waals surface area contributed by atoms with Crippen LogP contribution in [0.4, 0.5) is 5.69 Å². The molecule has 2 heterocycles. The number of rotatable bonds is 0. The Labute approximate surface area is 107 Å². The van der Waals surface area contributed by atoms with Crippen LogP contribution in [0.2, 0.25) is 0 Å². The predicted octanol–water partition coefficient (Wildman–Crippen LogP) is 1.45. The molecule has 18 heavy (non-hydrogen) atoms. The third-order valence-electron chi connectivity index (χ3n) is 3.26. The number of fused-ring (bicyclic) bond motifs is 1. The quantitative estimate of drug-likeness (QED) is 0.772. The minimum Gasteiger partial charge on any atom is -0.342 e. The van der Waals surface area contributed by atoms with E-state index in [2.05, 4.69) is 9.71 Å². The minimum absolute atomic E-state index is 0.255. The minimum atomic E-state index is -3.46. The Morgan fingerprint density at radius 3 is 2.61 bits per heavy atom. The van der Waals surface area contributed by atoms with Crippen molar-refractivity contribution in [1.82, 2.24) is 9.62 Å². The van der Waals surface area contributed by atoms with E-state index in [1.165, 1.54) is 6.42 Å². The Morgan fingerprint density at radius 1 is 1.11 bits per heavy atom. The van der Waals surface area contributed by atoms with Crippen molar-refractivity contribution in [3.8, 4) is 0 Å². The van der Waals surface area contributed by atoms with Gasteiger partial charge in [0.05, 0.1) is 5.69 Å². The molecule has 6 heteroatoms. The molecule has 5 nitrogen and oxygen atoms in total. The van der Waals surface area contributed by atoms with Gasteiger partial charge in [-0.05, 0) is 31.4 Å². The second kappa shape index (κ2) is 4.28. The Balaban J connectivity index is 2.01. The molecular weight excluding hydrogens is 250 g/mol. The van der Waals surface area contributed by atoms with Crippen molar-refractivity contribution in [3.63, 3.8) is 0 Å². The number of benzene rings is 1. The summed E-state index contributed by atoms with van der Waals surface area (Å²) in [6, 6.07) is 6.82. The lowest BCUT2D eigenvalue weighted by atomic mass is 10.1. The molecule has 1 fully saturated rings. The SMILES string of the molecule is O=S1(=O)NC(N2CCCCC2)=Nc2ccccc21. The van der Waals surface area contributed by atoms with Gasteiger partial charge in [0.25, 0.3) is 10.0 Å². The fraction of sp³-hybridized carbons (Fsp3) is 0.417. The molecular formula is C12H15N3O2S. The second-order valence-electron chi connectivity index (χ2n) is 4.56. The molecule has 1 saturated heterocycles. The third kappa shape index (κ3) is 1.96. The highest BCUT2D eigenvalue weighted by Gasteiger charge is 2.28. The summed E-state index contributed by atoms with van der Waals surface area (Å²) in [5.41, 5.74) is 0.525. The maximum atomic E-state index is 12.1. The lowest BCUT2D eigenvalue weighted by molar-refractivity contribution is 0.336. The number of nitrogens with zero attached hydrogens (tertiary/aromatic N) is 2. The van der Waals surface area contributed by atoms with Crippen LogP contribution in [0.5, 0.6) is 0 Å². The Bertz CT molecular complexity index is 589. The molecule has 0 atom stereocenters. The van der Waals surface area contributed by atoms with Crippen molar-refractivity contribution in [2.24, 2.45) is 4.99 Å². The largest absolute Gasteiger partial charge is 0.342 e. The van der Waals surface area contributed by atoms with Gasteiger partial charge in [-0.3, -0.25) is 0 Å². The first-order chi connectivity index (χ1) is 8.67. The third-order valence-corrected chi connectivity index (χ3v) is 4.64. The highest BCUT2D eigenvalue weighted by Crippen LogP contribution is 2.27. The zero-order valence-corrected chi connectivity index (χ0v) is 10.8. The van der Waals surface area contributed by atoms with Crippen molar-refractivity contribution >= 4 is 21.7 Å². The summed E-state index contributed by atoms with van der Waals surface area (Å²) in [7, 11) is -3.46. The van der Waals surface area contributed by atoms with Crippen LogP contribution in [0.15, 0.2) is 34.2 Å². The second-order valence-corrected chi connectivity index (χ2v) is 6.21. The molecule has 0 aromatic heterocycles. The van der Waals surface area contributed by atoms with Crippen molar-refractivity contribution < 1.29 is 8.42 Å². The topological polar surface area (TPSA) is 61.8 Å². The van der Waals surface area contributed by atoms with E-state index in [0.717, 1.165) is 25.9 Å². The van der Waals surface area contributed by atoms with Crippen molar-refractivity contribution in [2.45, 2.75) is 24.2 Å². The average molecular weight is 265 g/mol. The number of hydrogen-bond acceptors (Lipinski definition) is 4. The molecule has 1 N–H and O–H groups in total. The van der Waals surface area contributed by atoms with Crippen molar-refractivity contribution in [1.29, 1.82) is 0 Å². The number of para-hydroxylation sites is 1. The molecule has 0 spiro atoms. The van der Waals surface area contributed by atoms with Crippen LogP contribution in [0.1, 0.15) is 19.3 Å². The maximum absolute atomic E-state index is 12.1. The molecule has 96 valence electrons. The number of piperidine rings is 1. The predicted molar refractivity (Wildman–Crippen MR) is 69.3 cm³/mol. The molecule has 1 aromatic carbocycles. The monoisotopic (exact) mass is 265 g/mol. The lowest BCUT2D eigenvalue weighted by Gasteiger charge is -2.31. The van der Waals surface area contributed by atoms with E-state index in [4.69, 9.17) is 0 Å². The fourth-order valence-electron chi connectivity index (χ4n) is 2.33. The first kappa shape index (κ1) is 11.5. The standard InChI is InChI=1S/C12H15N3O2S/c16-18(17)11-7-3-2-6-10(11)13-12(14-18)15-8-4-1-5-9-15/h2-3,6-7H,1,4-5,8-9H2,(H,13,14). The van der Waals surface area contributed by atoms with Gasteiger partial charge in [-0.1, -0.05) is 12.1 Å². The van der Waals surface area contributed by atoms with E-state index < -0.39 is 10.0 Å². The summed E-state index contributed by atoms with van der Waals surface area (Å²) in [6.45, 7) is 1.73. The zero-order valence-electron chi connectivity index (χ0n) is 9.96. The molecule has 0 unspecified atom stereocenters. The molecule has 0 amide bonds. The van der Waals surface area contributed by atoms with Crippen molar-refractivity contribution in [2.75, 3.05) is 13.1 Å². The number of aliphatic imine (C=N–C) groups is 1. The van der Waals surface area contributed by atoms with Gasteiger partial charge in [-0.2, -0.15) is 0 Å². The van der Waals surface area contributed by atoms with E-state index in [1.54, 1.807) is 24.3 Å². The van der Waals surface area contributed by atoms with Crippen LogP contribution in [-0.2, 0) is 10.0 Å². The van der Waals surface area contributed by atoms with Gasteiger partial charge in [0.2, 0.25) is 5.96 Å². The van der Waals surface area contributed by atoms with Crippen LogP contribution in [0, 0.1) is 0 Å². The zero-order chi connectivity index (χ0) is 12.6. The summed E-state index contributed by atoms with van der Waals surface area (Å²) in [5.74, 6) is 0.466. The summed E-state index contributed by atoms with van der Waals surface area (Å²) in [4.78, 5) is 6.68. The summed E-state index contributed by atoms with van der Waals surface area (Å²) in [6.07, 6.45) is 3.37. The van der Waals surface area contributed by atoms with Gasteiger partial charge in [0.15, 0.2) is 0 Å². The van der Waals surface area contributed by atoms with Crippen molar-refractivity contribution in [3.05, 3.63) is 24.3 Å². The lowest BCUT2D eigenvalue weighted by Crippen LogP contribution is -2.47. The van der Waals surface area contributed by atoms with E-state index in [0.29, 0.717) is 11.6 Å². The molecule has 0 radical (unpaired) electrons. The highest BCUT2D eigenvalue weighted by atomic mass is 32.2.